The normalized spacial score (nSPS) is 24.2. The number of nitrogens with one attached hydrogen (secondary N) is 1. The maximum Gasteiger partial charge on any atom is 0.188 e. The van der Waals surface area contributed by atoms with Crippen molar-refractivity contribution in [3.05, 3.63) is 53.1 Å². The molecule has 0 amide bonds. The van der Waals surface area contributed by atoms with Crippen molar-refractivity contribution in [2.45, 2.75) is 39.0 Å². The van der Waals surface area contributed by atoms with Crippen LogP contribution in [0.2, 0.25) is 0 Å². The molecule has 1 saturated heterocycles. The summed E-state index contributed by atoms with van der Waals surface area (Å²) in [5, 5.41) is 4.18. The van der Waals surface area contributed by atoms with E-state index in [0.717, 1.165) is 29.2 Å². The summed E-state index contributed by atoms with van der Waals surface area (Å²) in [7, 11) is 1.67. The predicted octanol–water partition coefficient (Wildman–Crippen LogP) is 4.25. The van der Waals surface area contributed by atoms with E-state index in [-0.39, 0.29) is 6.04 Å². The molecule has 2 aliphatic rings. The van der Waals surface area contributed by atoms with Crippen molar-refractivity contribution >= 4 is 23.0 Å². The Morgan fingerprint density at radius 1 is 1.24 bits per heavy atom. The Morgan fingerprint density at radius 2 is 2.04 bits per heavy atom. The number of benzene rings is 2. The van der Waals surface area contributed by atoms with Crippen LogP contribution in [0.5, 0.6) is 11.5 Å². The molecule has 1 N–H and O–H groups in total. The van der Waals surface area contributed by atoms with Gasteiger partial charge in [-0.05, 0) is 62.3 Å². The van der Waals surface area contributed by atoms with Crippen LogP contribution < -0.4 is 19.7 Å². The first kappa shape index (κ1) is 16.2. The highest BCUT2D eigenvalue weighted by Crippen LogP contribution is 2.49. The van der Waals surface area contributed by atoms with Crippen molar-refractivity contribution in [3.8, 4) is 11.5 Å². The minimum atomic E-state index is -0.559. The standard InChI is InChI=1S/C20H22N2O2S/c1-12-8-9-14(10-13(12)2)22-19(25)21-16-11-20(22,3)24-18-15(16)6-5-7-17(18)23-4/h5-10,16H,11H2,1-4H3,(H,21,25)/t16-,20+/m1/s1. The summed E-state index contributed by atoms with van der Waals surface area (Å²) >= 11 is 5.71. The summed E-state index contributed by atoms with van der Waals surface area (Å²) in [6, 6.07) is 12.5. The number of anilines is 1. The van der Waals surface area contributed by atoms with Crippen molar-refractivity contribution < 1.29 is 9.47 Å². The molecule has 0 aliphatic carbocycles. The Bertz CT molecular complexity index is 867. The van der Waals surface area contributed by atoms with Crippen molar-refractivity contribution in [1.82, 2.24) is 5.32 Å². The molecule has 2 atom stereocenters. The van der Waals surface area contributed by atoms with Crippen LogP contribution in [-0.4, -0.2) is 17.9 Å². The van der Waals surface area contributed by atoms with Gasteiger partial charge in [0.2, 0.25) is 0 Å². The second kappa shape index (κ2) is 5.63. The third-order valence-corrected chi connectivity index (χ3v) is 5.53. The van der Waals surface area contributed by atoms with Gasteiger partial charge in [0.15, 0.2) is 22.3 Å². The first-order valence-corrected chi connectivity index (χ1v) is 8.88. The maximum atomic E-state index is 6.49. The zero-order valence-corrected chi connectivity index (χ0v) is 15.7. The molecule has 0 radical (unpaired) electrons. The molecule has 4 nitrogen and oxygen atoms in total. The lowest BCUT2D eigenvalue weighted by Gasteiger charge is -2.52. The molecule has 0 saturated carbocycles. The van der Waals surface area contributed by atoms with Gasteiger partial charge in [-0.15, -0.1) is 0 Å². The number of fused-ring (bicyclic) bond motifs is 4. The Labute approximate surface area is 153 Å². The van der Waals surface area contributed by atoms with Gasteiger partial charge in [-0.3, -0.25) is 4.90 Å². The van der Waals surface area contributed by atoms with Gasteiger partial charge in [-0.2, -0.15) is 0 Å². The van der Waals surface area contributed by atoms with Gasteiger partial charge in [0.1, 0.15) is 0 Å². The zero-order chi connectivity index (χ0) is 17.8. The zero-order valence-electron chi connectivity index (χ0n) is 14.9. The van der Waals surface area contributed by atoms with E-state index in [1.165, 1.54) is 11.1 Å². The van der Waals surface area contributed by atoms with Crippen LogP contribution >= 0.6 is 12.2 Å². The predicted molar refractivity (Wildman–Crippen MR) is 104 cm³/mol. The molecular formula is C20H22N2O2S. The maximum absolute atomic E-state index is 6.49. The Kier molecular flexibility index (Phi) is 3.65. The number of hydrogen-bond acceptors (Lipinski definition) is 3. The van der Waals surface area contributed by atoms with E-state index in [4.69, 9.17) is 21.7 Å². The SMILES string of the molecule is COc1cccc2c1O[C@@]1(C)C[C@H]2NC(=S)N1c1ccc(C)c(C)c1. The molecule has 1 fully saturated rings. The van der Waals surface area contributed by atoms with Crippen molar-refractivity contribution in [2.24, 2.45) is 0 Å². The van der Waals surface area contributed by atoms with Crippen LogP contribution in [0.15, 0.2) is 36.4 Å². The highest BCUT2D eigenvalue weighted by Gasteiger charge is 2.49. The molecule has 0 unspecified atom stereocenters. The Hall–Kier alpha value is -2.27. The smallest absolute Gasteiger partial charge is 0.188 e. The number of nitrogens with zero attached hydrogens (tertiary/aromatic N) is 1. The van der Waals surface area contributed by atoms with E-state index < -0.39 is 5.72 Å². The topological polar surface area (TPSA) is 33.7 Å². The first-order valence-electron chi connectivity index (χ1n) is 8.47. The van der Waals surface area contributed by atoms with Crippen molar-refractivity contribution in [1.29, 1.82) is 0 Å². The summed E-state index contributed by atoms with van der Waals surface area (Å²) in [5.74, 6) is 1.55. The molecule has 5 heteroatoms. The molecule has 0 aromatic heterocycles. The fourth-order valence-corrected chi connectivity index (χ4v) is 4.22. The summed E-state index contributed by atoms with van der Waals surface area (Å²) in [4.78, 5) is 2.08. The van der Waals surface area contributed by atoms with Crippen LogP contribution in [-0.2, 0) is 0 Å². The molecular weight excluding hydrogens is 332 g/mol. The van der Waals surface area contributed by atoms with E-state index in [9.17, 15) is 0 Å². The van der Waals surface area contributed by atoms with Gasteiger partial charge in [0.05, 0.1) is 13.2 Å². The summed E-state index contributed by atoms with van der Waals surface area (Å²) in [5.41, 5.74) is 4.08. The van der Waals surface area contributed by atoms with Crippen LogP contribution in [0, 0.1) is 13.8 Å². The van der Waals surface area contributed by atoms with Gasteiger partial charge in [0.25, 0.3) is 0 Å². The Morgan fingerprint density at radius 3 is 2.76 bits per heavy atom. The van der Waals surface area contributed by atoms with E-state index in [1.807, 2.05) is 12.1 Å². The van der Waals surface area contributed by atoms with Crippen LogP contribution in [0.3, 0.4) is 0 Å². The van der Waals surface area contributed by atoms with Crippen LogP contribution in [0.4, 0.5) is 5.69 Å². The average molecular weight is 354 g/mol. The summed E-state index contributed by atoms with van der Waals surface area (Å²) in [6.07, 6.45) is 0.806. The van der Waals surface area contributed by atoms with E-state index >= 15 is 0 Å². The quantitative estimate of drug-likeness (QED) is 0.816. The first-order chi connectivity index (χ1) is 11.9. The van der Waals surface area contributed by atoms with Gasteiger partial charge in [-0.25, -0.2) is 0 Å². The lowest BCUT2D eigenvalue weighted by atomic mass is 9.90. The number of thiocarbonyl (C=S) groups is 1. The molecule has 2 aliphatic heterocycles. The monoisotopic (exact) mass is 354 g/mol. The molecule has 2 aromatic rings. The van der Waals surface area contributed by atoms with Gasteiger partial charge in [-0.1, -0.05) is 18.2 Å². The van der Waals surface area contributed by atoms with Gasteiger partial charge in [0, 0.05) is 17.7 Å². The number of methoxy groups -OCH3 is 1. The molecule has 2 bridgehead atoms. The molecule has 0 spiro atoms. The minimum Gasteiger partial charge on any atom is -0.493 e. The Balaban J connectivity index is 1.82. The highest BCUT2D eigenvalue weighted by atomic mass is 32.1. The van der Waals surface area contributed by atoms with E-state index in [1.54, 1.807) is 7.11 Å². The molecule has 130 valence electrons. The van der Waals surface area contributed by atoms with Gasteiger partial charge >= 0.3 is 0 Å². The largest absolute Gasteiger partial charge is 0.493 e. The van der Waals surface area contributed by atoms with Crippen LogP contribution in [0.1, 0.15) is 36.1 Å². The van der Waals surface area contributed by atoms with Gasteiger partial charge < -0.3 is 14.8 Å². The number of rotatable bonds is 2. The van der Waals surface area contributed by atoms with Crippen molar-refractivity contribution in [2.75, 3.05) is 12.0 Å². The fourth-order valence-electron chi connectivity index (χ4n) is 3.78. The summed E-state index contributed by atoms with van der Waals surface area (Å²) < 4.78 is 12.0. The lowest BCUT2D eigenvalue weighted by Crippen LogP contribution is -2.65. The van der Waals surface area contributed by atoms with E-state index in [0.29, 0.717) is 5.11 Å². The highest BCUT2D eigenvalue weighted by molar-refractivity contribution is 7.80. The number of hydrogen-bond donors (Lipinski definition) is 1. The van der Waals surface area contributed by atoms with Crippen LogP contribution in [0.25, 0.3) is 0 Å². The third-order valence-electron chi connectivity index (χ3n) is 5.23. The average Bonchev–Trinajstić information content (AvgIpc) is 2.57. The molecule has 2 heterocycles. The second-order valence-corrected chi connectivity index (χ2v) is 7.35. The number of para-hydroxylation sites is 1. The number of ether oxygens (including phenoxy) is 2. The molecule has 2 aromatic carbocycles. The van der Waals surface area contributed by atoms with Crippen molar-refractivity contribution in [3.63, 3.8) is 0 Å². The molecule has 25 heavy (non-hydrogen) atoms. The molecule has 4 rings (SSSR count). The summed E-state index contributed by atoms with van der Waals surface area (Å²) in [6.45, 7) is 6.32. The fraction of sp³-hybridized carbons (Fsp3) is 0.350. The number of aryl methyl sites for hydroxylation is 2. The lowest BCUT2D eigenvalue weighted by molar-refractivity contribution is 0.0464. The second-order valence-electron chi connectivity index (χ2n) is 6.97. The third kappa shape index (κ3) is 2.45. The minimum absolute atomic E-state index is 0.124. The van der Waals surface area contributed by atoms with E-state index in [2.05, 4.69) is 55.3 Å².